The normalized spacial score (nSPS) is 26.2. The summed E-state index contributed by atoms with van der Waals surface area (Å²) in [6, 6.07) is 4.28. The van der Waals surface area contributed by atoms with Crippen molar-refractivity contribution in [1.82, 2.24) is 5.01 Å². The largest absolute Gasteiger partial charge is 0.439 e. The van der Waals surface area contributed by atoms with E-state index in [0.717, 1.165) is 18.2 Å². The molecule has 1 aliphatic carbocycles. The maximum absolute atomic E-state index is 13.5. The first-order valence-electron chi connectivity index (χ1n) is 7.11. The Hall–Kier alpha value is -2.49. The van der Waals surface area contributed by atoms with Gasteiger partial charge in [-0.05, 0) is 25.3 Å². The predicted molar refractivity (Wildman–Crippen MR) is 75.0 cm³/mol. The van der Waals surface area contributed by atoms with Crippen LogP contribution in [0.4, 0.5) is 18.9 Å². The molecule has 1 aromatic carbocycles. The van der Waals surface area contributed by atoms with Crippen LogP contribution < -0.4 is 0 Å². The molecule has 0 saturated heterocycles. The van der Waals surface area contributed by atoms with E-state index in [1.54, 1.807) is 0 Å². The van der Waals surface area contributed by atoms with Crippen LogP contribution in [-0.4, -0.2) is 38.6 Å². The van der Waals surface area contributed by atoms with Crippen LogP contribution in [-0.2, 0) is 0 Å². The molecular weight excluding hydrogens is 331 g/mol. The molecule has 3 rings (SSSR count). The van der Waals surface area contributed by atoms with Crippen molar-refractivity contribution in [3.63, 3.8) is 0 Å². The molecule has 0 bridgehead atoms. The van der Waals surface area contributed by atoms with Gasteiger partial charge in [0, 0.05) is 23.4 Å². The number of benzene rings is 1. The van der Waals surface area contributed by atoms with E-state index in [2.05, 4.69) is 5.10 Å². The van der Waals surface area contributed by atoms with Gasteiger partial charge in [0.1, 0.15) is 0 Å². The Morgan fingerprint density at radius 3 is 2.79 bits per heavy atom. The Bertz CT molecular complexity index is 749. The van der Waals surface area contributed by atoms with Gasteiger partial charge in [-0.3, -0.25) is 14.9 Å². The molecule has 10 heteroatoms. The summed E-state index contributed by atoms with van der Waals surface area (Å²) in [4.78, 5) is 22.5. The second-order valence-corrected chi connectivity index (χ2v) is 5.68. The van der Waals surface area contributed by atoms with Gasteiger partial charge in [-0.2, -0.15) is 23.3 Å². The van der Waals surface area contributed by atoms with Crippen molar-refractivity contribution in [1.29, 1.82) is 0 Å². The van der Waals surface area contributed by atoms with E-state index < -0.39 is 34.3 Å². The molecule has 0 radical (unpaired) electrons. The molecule has 128 valence electrons. The third-order valence-electron chi connectivity index (χ3n) is 4.28. The number of nitro benzene ring substituents is 1. The third-order valence-corrected chi connectivity index (χ3v) is 4.28. The van der Waals surface area contributed by atoms with Gasteiger partial charge in [-0.1, -0.05) is 6.07 Å². The number of carbonyl (C=O) groups excluding carboxylic acids is 1. The number of fused-ring (bicyclic) bond motifs is 1. The van der Waals surface area contributed by atoms with E-state index in [1.807, 2.05) is 0 Å². The topological polar surface area (TPSA) is 96.0 Å². The van der Waals surface area contributed by atoms with E-state index in [9.17, 15) is 33.2 Å². The number of hydrogen-bond donors (Lipinski definition) is 1. The zero-order valence-electron chi connectivity index (χ0n) is 12.2. The summed E-state index contributed by atoms with van der Waals surface area (Å²) < 4.78 is 40.5. The van der Waals surface area contributed by atoms with Crippen molar-refractivity contribution in [2.45, 2.75) is 31.2 Å². The third kappa shape index (κ3) is 2.25. The number of hydrazone groups is 1. The Balaban J connectivity index is 2.03. The van der Waals surface area contributed by atoms with Crippen molar-refractivity contribution in [3.05, 3.63) is 39.9 Å². The lowest BCUT2D eigenvalue weighted by atomic mass is 9.92. The highest BCUT2D eigenvalue weighted by Gasteiger charge is 2.69. The van der Waals surface area contributed by atoms with Crippen LogP contribution in [0.1, 0.15) is 29.6 Å². The molecule has 24 heavy (non-hydrogen) atoms. The summed E-state index contributed by atoms with van der Waals surface area (Å²) >= 11 is 0. The first kappa shape index (κ1) is 16.4. The summed E-state index contributed by atoms with van der Waals surface area (Å²) in [6.45, 7) is 0. The molecule has 1 N–H and O–H groups in total. The van der Waals surface area contributed by atoms with Gasteiger partial charge in [-0.25, -0.2) is 0 Å². The SMILES string of the molecule is O=C(c1cccc([N+](=O)[O-])c1)N1N=C2CCCC2C1(O)C(F)(F)F. The number of amides is 1. The van der Waals surface area contributed by atoms with Crippen molar-refractivity contribution in [3.8, 4) is 0 Å². The predicted octanol–water partition coefficient (Wildman–Crippen LogP) is 2.46. The monoisotopic (exact) mass is 343 g/mol. The molecule has 7 nitrogen and oxygen atoms in total. The van der Waals surface area contributed by atoms with Crippen molar-refractivity contribution in [2.75, 3.05) is 0 Å². The Kier molecular flexibility index (Phi) is 3.59. The fraction of sp³-hybridized carbons (Fsp3) is 0.429. The van der Waals surface area contributed by atoms with E-state index in [-0.39, 0.29) is 29.1 Å². The zero-order chi connectivity index (χ0) is 17.7. The van der Waals surface area contributed by atoms with Crippen LogP contribution in [0, 0.1) is 16.0 Å². The highest BCUT2D eigenvalue weighted by Crippen LogP contribution is 2.49. The molecule has 1 amide bonds. The van der Waals surface area contributed by atoms with Gasteiger partial charge in [0.25, 0.3) is 17.3 Å². The standard InChI is InChI=1S/C14H12F3N3O4/c15-14(16,17)13(22)10-5-2-6-11(10)18-19(13)12(21)8-3-1-4-9(7-8)20(23)24/h1,3-4,7,10,22H,2,5-6H2. The van der Waals surface area contributed by atoms with Gasteiger partial charge < -0.3 is 5.11 Å². The van der Waals surface area contributed by atoms with Crippen molar-refractivity contribution < 1.29 is 28.0 Å². The first-order chi connectivity index (χ1) is 11.2. The molecule has 1 aliphatic heterocycles. The van der Waals surface area contributed by atoms with Crippen LogP contribution in [0.2, 0.25) is 0 Å². The molecular formula is C14H12F3N3O4. The van der Waals surface area contributed by atoms with Gasteiger partial charge in [-0.15, -0.1) is 0 Å². The number of nitro groups is 1. The van der Waals surface area contributed by atoms with Gasteiger partial charge in [0.15, 0.2) is 0 Å². The Morgan fingerprint density at radius 1 is 1.46 bits per heavy atom. The average molecular weight is 343 g/mol. The smallest absolute Gasteiger partial charge is 0.362 e. The highest BCUT2D eigenvalue weighted by molar-refractivity contribution is 6.00. The molecule has 1 heterocycles. The number of halogens is 3. The van der Waals surface area contributed by atoms with E-state index in [0.29, 0.717) is 6.42 Å². The number of nitrogens with zero attached hydrogens (tertiary/aromatic N) is 3. The van der Waals surface area contributed by atoms with E-state index in [4.69, 9.17) is 0 Å². The quantitative estimate of drug-likeness (QED) is 0.659. The lowest BCUT2D eigenvalue weighted by molar-refractivity contribution is -0.384. The maximum atomic E-state index is 13.5. The molecule has 0 spiro atoms. The van der Waals surface area contributed by atoms with Crippen LogP contribution >= 0.6 is 0 Å². The summed E-state index contributed by atoms with van der Waals surface area (Å²) in [7, 11) is 0. The van der Waals surface area contributed by atoms with E-state index >= 15 is 0 Å². The van der Waals surface area contributed by atoms with Gasteiger partial charge in [0.2, 0.25) is 0 Å². The molecule has 2 aliphatic rings. The second-order valence-electron chi connectivity index (χ2n) is 5.68. The maximum Gasteiger partial charge on any atom is 0.439 e. The summed E-state index contributed by atoms with van der Waals surface area (Å²) in [5.74, 6) is -2.54. The summed E-state index contributed by atoms with van der Waals surface area (Å²) in [5, 5.41) is 24.8. The number of rotatable bonds is 2. The van der Waals surface area contributed by atoms with Crippen LogP contribution in [0.15, 0.2) is 29.4 Å². The Morgan fingerprint density at radius 2 is 2.17 bits per heavy atom. The number of alkyl halides is 3. The van der Waals surface area contributed by atoms with Gasteiger partial charge in [0.05, 0.1) is 10.8 Å². The Labute approximate surface area is 133 Å². The summed E-state index contributed by atoms with van der Waals surface area (Å²) in [6.07, 6.45) is -4.33. The number of aliphatic hydroxyl groups is 1. The second kappa shape index (κ2) is 5.26. The molecule has 1 aromatic rings. The van der Waals surface area contributed by atoms with Crippen molar-refractivity contribution in [2.24, 2.45) is 11.0 Å². The lowest BCUT2D eigenvalue weighted by Crippen LogP contribution is -2.60. The zero-order valence-corrected chi connectivity index (χ0v) is 12.2. The molecule has 2 atom stereocenters. The highest BCUT2D eigenvalue weighted by atomic mass is 19.4. The lowest BCUT2D eigenvalue weighted by Gasteiger charge is -2.36. The van der Waals surface area contributed by atoms with E-state index in [1.165, 1.54) is 6.07 Å². The van der Waals surface area contributed by atoms with Crippen LogP contribution in [0.25, 0.3) is 0 Å². The number of carbonyl (C=O) groups is 1. The van der Waals surface area contributed by atoms with Crippen LogP contribution in [0.3, 0.4) is 0 Å². The number of non-ortho nitro benzene ring substituents is 1. The molecule has 2 unspecified atom stereocenters. The van der Waals surface area contributed by atoms with Gasteiger partial charge >= 0.3 is 6.18 Å². The fourth-order valence-electron chi connectivity index (χ4n) is 3.13. The molecule has 1 saturated carbocycles. The summed E-state index contributed by atoms with van der Waals surface area (Å²) in [5.41, 5.74) is -4.10. The minimum absolute atomic E-state index is 0.0191. The molecule has 1 fully saturated rings. The number of hydrogen-bond acceptors (Lipinski definition) is 5. The van der Waals surface area contributed by atoms with Crippen molar-refractivity contribution >= 4 is 17.3 Å². The minimum atomic E-state index is -5.11. The first-order valence-corrected chi connectivity index (χ1v) is 7.11. The minimum Gasteiger partial charge on any atom is -0.362 e. The van der Waals surface area contributed by atoms with Crippen LogP contribution in [0.5, 0.6) is 0 Å². The fourth-order valence-corrected chi connectivity index (χ4v) is 3.13. The molecule has 0 aromatic heterocycles. The average Bonchev–Trinajstić information content (AvgIpc) is 3.08.